The second kappa shape index (κ2) is 8.50. The van der Waals surface area contributed by atoms with E-state index in [0.29, 0.717) is 12.5 Å². The molecule has 8 heteroatoms. The van der Waals surface area contributed by atoms with Crippen LogP contribution in [0.15, 0.2) is 24.0 Å². The van der Waals surface area contributed by atoms with Gasteiger partial charge < -0.3 is 19.7 Å². The van der Waals surface area contributed by atoms with Crippen LogP contribution in [-0.2, 0) is 9.47 Å². The summed E-state index contributed by atoms with van der Waals surface area (Å²) in [6.07, 6.45) is 5.87. The van der Waals surface area contributed by atoms with Gasteiger partial charge in [0.15, 0.2) is 0 Å². The van der Waals surface area contributed by atoms with E-state index < -0.39 is 0 Å². The molecule has 0 aromatic carbocycles. The van der Waals surface area contributed by atoms with Gasteiger partial charge in [-0.25, -0.2) is 15.0 Å². The minimum absolute atomic E-state index is 0.00203. The lowest BCUT2D eigenvalue weighted by atomic mass is 9.94. The average Bonchev–Trinajstić information content (AvgIpc) is 3.23. The third-order valence-corrected chi connectivity index (χ3v) is 5.99. The number of thiazole rings is 1. The Morgan fingerprint density at radius 1 is 1.22 bits per heavy atom. The highest BCUT2D eigenvalue weighted by Gasteiger charge is 2.29. The molecule has 1 N–H and O–H groups in total. The number of nitrogens with zero attached hydrogens (tertiary/aromatic N) is 4. The molecule has 2 aliphatic rings. The van der Waals surface area contributed by atoms with Crippen molar-refractivity contribution >= 4 is 23.0 Å². The first-order chi connectivity index (χ1) is 13.2. The highest BCUT2D eigenvalue weighted by Crippen LogP contribution is 2.28. The van der Waals surface area contributed by atoms with Gasteiger partial charge >= 0.3 is 0 Å². The predicted octanol–water partition coefficient (Wildman–Crippen LogP) is 3.13. The summed E-state index contributed by atoms with van der Waals surface area (Å²) in [7, 11) is 0. The number of morpholine rings is 1. The zero-order valence-corrected chi connectivity index (χ0v) is 16.7. The molecular weight excluding hydrogens is 362 g/mol. The monoisotopic (exact) mass is 389 g/mol. The molecule has 0 amide bonds. The minimum Gasteiger partial charge on any atom is -0.376 e. The molecule has 0 saturated carbocycles. The van der Waals surface area contributed by atoms with E-state index in [-0.39, 0.29) is 18.2 Å². The molecule has 7 nitrogen and oxygen atoms in total. The first-order valence-electron chi connectivity index (χ1n) is 9.67. The van der Waals surface area contributed by atoms with Crippen molar-refractivity contribution in [2.75, 3.05) is 36.5 Å². The summed E-state index contributed by atoms with van der Waals surface area (Å²) in [4.78, 5) is 15.6. The van der Waals surface area contributed by atoms with Crippen LogP contribution in [-0.4, -0.2) is 53.4 Å². The molecule has 0 radical (unpaired) electrons. The van der Waals surface area contributed by atoms with Crippen LogP contribution >= 0.6 is 11.3 Å². The van der Waals surface area contributed by atoms with Crippen molar-refractivity contribution in [3.63, 3.8) is 0 Å². The van der Waals surface area contributed by atoms with E-state index >= 15 is 0 Å². The maximum Gasteiger partial charge on any atom is 0.134 e. The summed E-state index contributed by atoms with van der Waals surface area (Å²) in [5.74, 6) is 2.26. The second-order valence-electron chi connectivity index (χ2n) is 7.41. The molecule has 2 saturated heterocycles. The van der Waals surface area contributed by atoms with Gasteiger partial charge in [0.05, 0.1) is 25.3 Å². The van der Waals surface area contributed by atoms with Crippen LogP contribution in [0.2, 0.25) is 0 Å². The molecule has 2 aromatic rings. The quantitative estimate of drug-likeness (QED) is 0.842. The van der Waals surface area contributed by atoms with Crippen molar-refractivity contribution in [2.24, 2.45) is 5.92 Å². The highest BCUT2D eigenvalue weighted by molar-refractivity contribution is 7.09. The molecule has 3 atom stereocenters. The predicted molar refractivity (Wildman–Crippen MR) is 106 cm³/mol. The topological polar surface area (TPSA) is 72.4 Å². The van der Waals surface area contributed by atoms with Crippen molar-refractivity contribution in [3.05, 3.63) is 29.0 Å². The fraction of sp³-hybridized carbons (Fsp3) is 0.632. The first-order valence-corrected chi connectivity index (χ1v) is 10.5. The van der Waals surface area contributed by atoms with Gasteiger partial charge in [-0.15, -0.1) is 11.3 Å². The molecule has 4 heterocycles. The van der Waals surface area contributed by atoms with Gasteiger partial charge in [-0.3, -0.25) is 0 Å². The Bertz CT molecular complexity index is 727. The SMILES string of the molecule is CC(C)[C@@H]1OCCC[C@@H]1Nc1cc(N2CCO[C@H](c3nccs3)C2)ncn1. The Balaban J connectivity index is 1.45. The summed E-state index contributed by atoms with van der Waals surface area (Å²) < 4.78 is 11.9. The molecule has 4 rings (SSSR count). The molecule has 2 aliphatic heterocycles. The van der Waals surface area contributed by atoms with Gasteiger partial charge in [-0.1, -0.05) is 13.8 Å². The highest BCUT2D eigenvalue weighted by atomic mass is 32.1. The zero-order chi connectivity index (χ0) is 18.6. The molecular formula is C19H27N5O2S. The third-order valence-electron chi connectivity index (χ3n) is 5.13. The van der Waals surface area contributed by atoms with Gasteiger partial charge in [-0.05, 0) is 18.8 Å². The average molecular weight is 390 g/mol. The molecule has 0 spiro atoms. The van der Waals surface area contributed by atoms with E-state index in [1.54, 1.807) is 17.7 Å². The zero-order valence-electron chi connectivity index (χ0n) is 15.9. The van der Waals surface area contributed by atoms with Gasteiger partial charge in [0.25, 0.3) is 0 Å². The summed E-state index contributed by atoms with van der Waals surface area (Å²) in [5.41, 5.74) is 0. The van der Waals surface area contributed by atoms with Crippen molar-refractivity contribution in [1.82, 2.24) is 15.0 Å². The number of nitrogens with one attached hydrogen (secondary N) is 1. The Kier molecular flexibility index (Phi) is 5.85. The maximum absolute atomic E-state index is 5.99. The molecule has 27 heavy (non-hydrogen) atoms. The van der Waals surface area contributed by atoms with Gasteiger partial charge in [0.2, 0.25) is 0 Å². The van der Waals surface area contributed by atoms with Crippen molar-refractivity contribution in [1.29, 1.82) is 0 Å². The number of rotatable bonds is 5. The van der Waals surface area contributed by atoms with Crippen LogP contribution in [0.1, 0.15) is 37.8 Å². The first kappa shape index (κ1) is 18.6. The van der Waals surface area contributed by atoms with Crippen LogP contribution in [0.25, 0.3) is 0 Å². The maximum atomic E-state index is 5.99. The Morgan fingerprint density at radius 2 is 2.15 bits per heavy atom. The molecule has 0 unspecified atom stereocenters. The third kappa shape index (κ3) is 4.39. The van der Waals surface area contributed by atoms with E-state index in [1.807, 2.05) is 17.6 Å². The Labute approximate surface area is 164 Å². The lowest BCUT2D eigenvalue weighted by molar-refractivity contribution is -0.0203. The van der Waals surface area contributed by atoms with E-state index in [0.717, 1.165) is 49.2 Å². The fourth-order valence-corrected chi connectivity index (χ4v) is 4.48. The van der Waals surface area contributed by atoms with E-state index in [4.69, 9.17) is 9.47 Å². The Morgan fingerprint density at radius 3 is 2.96 bits per heavy atom. The van der Waals surface area contributed by atoms with Crippen LogP contribution in [0.5, 0.6) is 0 Å². The minimum atomic E-state index is 0.00203. The molecule has 2 aromatic heterocycles. The number of hydrogen-bond acceptors (Lipinski definition) is 8. The lowest BCUT2D eigenvalue weighted by Crippen LogP contribution is -2.43. The van der Waals surface area contributed by atoms with Gasteiger partial charge in [-0.2, -0.15) is 0 Å². The molecule has 0 bridgehead atoms. The summed E-state index contributed by atoms with van der Waals surface area (Å²) in [6.45, 7) is 7.51. The van der Waals surface area contributed by atoms with E-state index in [1.165, 1.54) is 0 Å². The lowest BCUT2D eigenvalue weighted by Gasteiger charge is -2.35. The van der Waals surface area contributed by atoms with Crippen LogP contribution in [0, 0.1) is 5.92 Å². The van der Waals surface area contributed by atoms with Crippen LogP contribution < -0.4 is 10.2 Å². The van der Waals surface area contributed by atoms with E-state index in [9.17, 15) is 0 Å². The molecule has 146 valence electrons. The molecule has 0 aliphatic carbocycles. The van der Waals surface area contributed by atoms with Gasteiger partial charge in [0.1, 0.15) is 29.1 Å². The largest absolute Gasteiger partial charge is 0.376 e. The summed E-state index contributed by atoms with van der Waals surface area (Å²) in [6, 6.07) is 2.32. The number of anilines is 2. The smallest absolute Gasteiger partial charge is 0.134 e. The van der Waals surface area contributed by atoms with E-state index in [2.05, 4.69) is 39.0 Å². The van der Waals surface area contributed by atoms with Crippen LogP contribution in [0.4, 0.5) is 11.6 Å². The molecule has 2 fully saturated rings. The van der Waals surface area contributed by atoms with Crippen LogP contribution in [0.3, 0.4) is 0 Å². The summed E-state index contributed by atoms with van der Waals surface area (Å²) >= 11 is 1.63. The van der Waals surface area contributed by atoms with Crippen molar-refractivity contribution < 1.29 is 9.47 Å². The normalized spacial score (nSPS) is 26.3. The number of hydrogen-bond donors (Lipinski definition) is 1. The summed E-state index contributed by atoms with van der Waals surface area (Å²) in [5, 5.41) is 6.59. The fourth-order valence-electron chi connectivity index (χ4n) is 3.80. The Hall–Kier alpha value is -1.77. The van der Waals surface area contributed by atoms with Gasteiger partial charge in [0, 0.05) is 30.8 Å². The van der Waals surface area contributed by atoms with Crippen molar-refractivity contribution in [3.8, 4) is 0 Å². The standard InChI is InChI=1S/C19H27N5O2S/c1-13(2)18-14(4-3-7-26-18)23-16-10-17(22-12-21-16)24-6-8-25-15(11-24)19-20-5-9-27-19/h5,9-10,12-15,18H,3-4,6-8,11H2,1-2H3,(H,21,22,23)/t14-,15-,18-/m0/s1. The second-order valence-corrected chi connectivity index (χ2v) is 8.34. The van der Waals surface area contributed by atoms with Crippen molar-refractivity contribution in [2.45, 2.75) is 44.9 Å². The number of aromatic nitrogens is 3. The number of ether oxygens (including phenoxy) is 2.